The maximum atomic E-state index is 5.40. The van der Waals surface area contributed by atoms with Gasteiger partial charge in [-0.3, -0.25) is 0 Å². The Morgan fingerprint density at radius 1 is 0.833 bits per heavy atom. The van der Waals surface area contributed by atoms with Crippen molar-refractivity contribution in [2.45, 2.75) is 20.4 Å². The maximum absolute atomic E-state index is 5.40. The van der Waals surface area contributed by atoms with Crippen LogP contribution in [0.25, 0.3) is 0 Å². The van der Waals surface area contributed by atoms with Crippen LogP contribution < -0.4 is 10.5 Å². The summed E-state index contributed by atoms with van der Waals surface area (Å²) in [4.78, 5) is 0. The highest BCUT2D eigenvalue weighted by molar-refractivity contribution is 5.25. The summed E-state index contributed by atoms with van der Waals surface area (Å²) in [5, 5.41) is 0. The van der Waals surface area contributed by atoms with Crippen molar-refractivity contribution in [3.05, 3.63) is 65.2 Å². The number of hydrogen-bond donors (Lipinski definition) is 1. The number of benzene rings is 2. The van der Waals surface area contributed by atoms with Crippen molar-refractivity contribution in [1.82, 2.24) is 0 Å². The average Bonchev–Trinajstić information content (AvgIpc) is 2.41. The van der Waals surface area contributed by atoms with E-state index in [1.807, 2.05) is 24.3 Å². The minimum Gasteiger partial charge on any atom is -0.497 e. The van der Waals surface area contributed by atoms with Gasteiger partial charge in [-0.15, -0.1) is 0 Å². The molecule has 0 saturated heterocycles. The van der Waals surface area contributed by atoms with Crippen molar-refractivity contribution in [2.24, 2.45) is 5.73 Å². The van der Waals surface area contributed by atoms with Crippen LogP contribution in [0.1, 0.15) is 16.7 Å². The Morgan fingerprint density at radius 2 is 1.28 bits per heavy atom. The van der Waals surface area contributed by atoms with Crippen LogP contribution in [-0.2, 0) is 6.54 Å². The summed E-state index contributed by atoms with van der Waals surface area (Å²) in [7, 11) is 1.67. The Labute approximate surface area is 109 Å². The van der Waals surface area contributed by atoms with E-state index in [4.69, 9.17) is 10.5 Å². The fourth-order valence-corrected chi connectivity index (χ4v) is 1.40. The molecule has 2 N–H and O–H groups in total. The Hall–Kier alpha value is -1.80. The number of rotatable bonds is 2. The quantitative estimate of drug-likeness (QED) is 0.876. The van der Waals surface area contributed by atoms with Crippen LogP contribution in [0.4, 0.5) is 0 Å². The van der Waals surface area contributed by atoms with Crippen molar-refractivity contribution in [3.8, 4) is 5.75 Å². The molecule has 0 heterocycles. The predicted molar refractivity (Wildman–Crippen MR) is 76.8 cm³/mol. The Bertz CT molecular complexity index is 400. The molecule has 0 atom stereocenters. The van der Waals surface area contributed by atoms with Crippen LogP contribution in [0.3, 0.4) is 0 Å². The van der Waals surface area contributed by atoms with Gasteiger partial charge in [0.2, 0.25) is 0 Å². The molecule has 0 fully saturated rings. The van der Waals surface area contributed by atoms with Gasteiger partial charge in [0.1, 0.15) is 5.75 Å². The van der Waals surface area contributed by atoms with Crippen molar-refractivity contribution >= 4 is 0 Å². The lowest BCUT2D eigenvalue weighted by atomic mass is 10.2. The summed E-state index contributed by atoms with van der Waals surface area (Å²) in [6.07, 6.45) is 0. The summed E-state index contributed by atoms with van der Waals surface area (Å²) >= 11 is 0. The third kappa shape index (κ3) is 5.02. The molecule has 18 heavy (non-hydrogen) atoms. The van der Waals surface area contributed by atoms with Gasteiger partial charge in [0.25, 0.3) is 0 Å². The molecule has 0 aliphatic rings. The van der Waals surface area contributed by atoms with Crippen molar-refractivity contribution < 1.29 is 4.74 Å². The fraction of sp³-hybridized carbons (Fsp3) is 0.250. The lowest BCUT2D eigenvalue weighted by Crippen LogP contribution is -1.94. The van der Waals surface area contributed by atoms with Crippen LogP contribution in [0.2, 0.25) is 0 Å². The summed E-state index contributed by atoms with van der Waals surface area (Å²) in [6, 6.07) is 16.2. The SMILES string of the molecule is COc1ccc(C)cc1.Cc1ccc(CN)cc1. The standard InChI is InChI=1S/C8H11N.C8H10O/c1-7-2-4-8(6-9)5-3-7;1-7-3-5-8(9-2)6-4-7/h2-5H,6,9H2,1H3;3-6H,1-2H3. The normalized spacial score (nSPS) is 9.33. The smallest absolute Gasteiger partial charge is 0.118 e. The van der Waals surface area contributed by atoms with Gasteiger partial charge in [0.15, 0.2) is 0 Å². The highest BCUT2D eigenvalue weighted by atomic mass is 16.5. The van der Waals surface area contributed by atoms with Crippen molar-refractivity contribution in [3.63, 3.8) is 0 Å². The van der Waals surface area contributed by atoms with Crippen LogP contribution in [0.5, 0.6) is 5.75 Å². The molecular formula is C16H21NO. The third-order valence-electron chi connectivity index (χ3n) is 2.61. The number of nitrogens with two attached hydrogens (primary N) is 1. The molecule has 2 aromatic rings. The summed E-state index contributed by atoms with van der Waals surface area (Å²) < 4.78 is 4.97. The highest BCUT2D eigenvalue weighted by Gasteiger charge is 1.86. The largest absolute Gasteiger partial charge is 0.497 e. The first-order valence-corrected chi connectivity index (χ1v) is 6.02. The lowest BCUT2D eigenvalue weighted by molar-refractivity contribution is 0.414. The van der Waals surface area contributed by atoms with Crippen LogP contribution in [0, 0.1) is 13.8 Å². The molecule has 96 valence electrons. The van der Waals surface area contributed by atoms with E-state index in [1.54, 1.807) is 7.11 Å². The zero-order chi connectivity index (χ0) is 13.4. The first kappa shape index (κ1) is 14.3. The van der Waals surface area contributed by atoms with E-state index in [0.717, 1.165) is 5.75 Å². The number of methoxy groups -OCH3 is 1. The molecular weight excluding hydrogens is 222 g/mol. The van der Waals surface area contributed by atoms with E-state index in [9.17, 15) is 0 Å². The van der Waals surface area contributed by atoms with Gasteiger partial charge < -0.3 is 10.5 Å². The topological polar surface area (TPSA) is 35.2 Å². The molecule has 0 aliphatic carbocycles. The monoisotopic (exact) mass is 243 g/mol. The number of aryl methyl sites for hydroxylation is 2. The second-order valence-corrected chi connectivity index (χ2v) is 4.21. The first-order chi connectivity index (χ1) is 8.65. The summed E-state index contributed by atoms with van der Waals surface area (Å²) in [5.41, 5.74) is 9.14. The lowest BCUT2D eigenvalue weighted by Gasteiger charge is -1.97. The van der Waals surface area contributed by atoms with Gasteiger partial charge in [-0.25, -0.2) is 0 Å². The van der Waals surface area contributed by atoms with Gasteiger partial charge in [-0.1, -0.05) is 47.5 Å². The zero-order valence-electron chi connectivity index (χ0n) is 11.3. The third-order valence-corrected chi connectivity index (χ3v) is 2.61. The Morgan fingerprint density at radius 3 is 1.67 bits per heavy atom. The minimum atomic E-state index is 0.639. The number of hydrogen-bond acceptors (Lipinski definition) is 2. The zero-order valence-corrected chi connectivity index (χ0v) is 11.3. The van der Waals surface area contributed by atoms with Gasteiger partial charge in [0, 0.05) is 6.54 Å². The molecule has 0 saturated carbocycles. The predicted octanol–water partition coefficient (Wildman–Crippen LogP) is 3.46. The average molecular weight is 243 g/mol. The summed E-state index contributed by atoms with van der Waals surface area (Å²) in [6.45, 7) is 4.76. The summed E-state index contributed by atoms with van der Waals surface area (Å²) in [5.74, 6) is 0.917. The highest BCUT2D eigenvalue weighted by Crippen LogP contribution is 2.09. The molecule has 2 rings (SSSR count). The van der Waals surface area contributed by atoms with E-state index < -0.39 is 0 Å². The van der Waals surface area contributed by atoms with Gasteiger partial charge >= 0.3 is 0 Å². The van der Waals surface area contributed by atoms with E-state index in [-0.39, 0.29) is 0 Å². The Kier molecular flexibility index (Phi) is 5.95. The second-order valence-electron chi connectivity index (χ2n) is 4.21. The Balaban J connectivity index is 0.000000180. The van der Waals surface area contributed by atoms with Crippen LogP contribution in [0.15, 0.2) is 48.5 Å². The molecule has 0 radical (unpaired) electrons. The van der Waals surface area contributed by atoms with Crippen molar-refractivity contribution in [1.29, 1.82) is 0 Å². The second kappa shape index (κ2) is 7.51. The first-order valence-electron chi connectivity index (χ1n) is 6.02. The van der Waals surface area contributed by atoms with E-state index in [2.05, 4.69) is 38.1 Å². The molecule has 2 aromatic carbocycles. The molecule has 2 heteroatoms. The fourth-order valence-electron chi connectivity index (χ4n) is 1.40. The van der Waals surface area contributed by atoms with E-state index >= 15 is 0 Å². The van der Waals surface area contributed by atoms with E-state index in [1.165, 1.54) is 16.7 Å². The van der Waals surface area contributed by atoms with E-state index in [0.29, 0.717) is 6.54 Å². The minimum absolute atomic E-state index is 0.639. The van der Waals surface area contributed by atoms with Crippen LogP contribution in [-0.4, -0.2) is 7.11 Å². The number of ether oxygens (including phenoxy) is 1. The van der Waals surface area contributed by atoms with Crippen molar-refractivity contribution in [2.75, 3.05) is 7.11 Å². The molecule has 0 aromatic heterocycles. The van der Waals surface area contributed by atoms with Gasteiger partial charge in [-0.05, 0) is 31.5 Å². The van der Waals surface area contributed by atoms with Gasteiger partial charge in [-0.2, -0.15) is 0 Å². The molecule has 0 spiro atoms. The molecule has 0 bridgehead atoms. The molecule has 0 unspecified atom stereocenters. The maximum Gasteiger partial charge on any atom is 0.118 e. The molecule has 0 aliphatic heterocycles. The molecule has 0 amide bonds. The molecule has 2 nitrogen and oxygen atoms in total. The van der Waals surface area contributed by atoms with Crippen LogP contribution >= 0.6 is 0 Å². The van der Waals surface area contributed by atoms with Gasteiger partial charge in [0.05, 0.1) is 7.11 Å².